The summed E-state index contributed by atoms with van der Waals surface area (Å²) in [7, 11) is -1.19. The third-order valence-corrected chi connectivity index (χ3v) is 10.0. The Bertz CT molecular complexity index is 1250. The minimum absolute atomic E-state index is 0.122. The zero-order chi connectivity index (χ0) is 29.4. The quantitative estimate of drug-likeness (QED) is 0.206. The molecule has 0 spiro atoms. The maximum atomic E-state index is 11.7. The van der Waals surface area contributed by atoms with E-state index in [2.05, 4.69) is 71.3 Å². The van der Waals surface area contributed by atoms with Crippen LogP contribution >= 0.6 is 10.3 Å². The monoisotopic (exact) mass is 567 g/mol. The van der Waals surface area contributed by atoms with Crippen molar-refractivity contribution in [1.29, 1.82) is 0 Å². The summed E-state index contributed by atoms with van der Waals surface area (Å²) in [6.07, 6.45) is 8.43. The van der Waals surface area contributed by atoms with Crippen LogP contribution in [0.4, 0.5) is 22.1 Å². The molecule has 0 aliphatic rings. The largest absolute Gasteiger partial charge is 0.444 e. The van der Waals surface area contributed by atoms with Gasteiger partial charge in [-0.2, -0.15) is 0 Å². The van der Waals surface area contributed by atoms with Crippen LogP contribution in [0.3, 0.4) is 0 Å². The van der Waals surface area contributed by atoms with Crippen LogP contribution in [0.2, 0.25) is 0 Å². The molecule has 9 heteroatoms. The lowest BCUT2D eigenvalue weighted by molar-refractivity contribution is 0.0527. The molecular formula is C31H45N5O3S. The number of pyridine rings is 2. The van der Waals surface area contributed by atoms with Crippen LogP contribution in [0.15, 0.2) is 60.9 Å². The van der Waals surface area contributed by atoms with Crippen LogP contribution in [-0.2, 0) is 15.5 Å². The van der Waals surface area contributed by atoms with E-state index in [1.54, 1.807) is 6.20 Å². The number of alkyl carbamates (subject to hydrolysis) is 1. The third kappa shape index (κ3) is 10.0. The normalized spacial score (nSPS) is 12.5. The molecule has 0 radical (unpaired) electrons. The highest BCUT2D eigenvalue weighted by Gasteiger charge is 2.28. The number of amides is 1. The molecule has 0 aliphatic carbocycles. The molecule has 40 heavy (non-hydrogen) atoms. The van der Waals surface area contributed by atoms with E-state index in [4.69, 9.17) is 8.92 Å². The molecule has 3 N–H and O–H groups in total. The van der Waals surface area contributed by atoms with Crippen molar-refractivity contribution < 1.29 is 13.7 Å². The Morgan fingerprint density at radius 2 is 1.68 bits per heavy atom. The third-order valence-electron chi connectivity index (χ3n) is 6.38. The van der Waals surface area contributed by atoms with Gasteiger partial charge in [-0.1, -0.05) is 32.9 Å². The summed E-state index contributed by atoms with van der Waals surface area (Å²) in [6.45, 7) is 14.0. The highest BCUT2D eigenvalue weighted by atomic mass is 32.3. The predicted octanol–water partition coefficient (Wildman–Crippen LogP) is 7.51. The molecule has 0 bridgehead atoms. The molecule has 0 fully saturated rings. The molecule has 1 amide bonds. The van der Waals surface area contributed by atoms with Crippen molar-refractivity contribution >= 4 is 33.7 Å². The minimum Gasteiger partial charge on any atom is -0.444 e. The summed E-state index contributed by atoms with van der Waals surface area (Å²) in [5, 5.41) is 9.47. The predicted molar refractivity (Wildman–Crippen MR) is 169 cm³/mol. The first-order valence-corrected chi connectivity index (χ1v) is 16.0. The number of rotatable bonds is 11. The first kappa shape index (κ1) is 31.2. The summed E-state index contributed by atoms with van der Waals surface area (Å²) >= 11 is 0. The van der Waals surface area contributed by atoms with E-state index in [-0.39, 0.29) is 4.75 Å². The van der Waals surface area contributed by atoms with Gasteiger partial charge in [-0.05, 0) is 87.2 Å². The summed E-state index contributed by atoms with van der Waals surface area (Å²) in [5.41, 5.74) is 3.61. The van der Waals surface area contributed by atoms with Gasteiger partial charge in [-0.3, -0.25) is 0 Å². The van der Waals surface area contributed by atoms with E-state index in [0.717, 1.165) is 40.4 Å². The lowest BCUT2D eigenvalue weighted by Crippen LogP contribution is -2.33. The Morgan fingerprint density at radius 1 is 0.900 bits per heavy atom. The van der Waals surface area contributed by atoms with E-state index < -0.39 is 22.0 Å². The summed E-state index contributed by atoms with van der Waals surface area (Å²) in [5.74, 6) is 1.54. The second-order valence-electron chi connectivity index (χ2n) is 12.0. The Labute approximate surface area is 241 Å². The van der Waals surface area contributed by atoms with E-state index >= 15 is 0 Å². The molecule has 3 aromatic rings. The van der Waals surface area contributed by atoms with Gasteiger partial charge >= 0.3 is 6.09 Å². The first-order valence-electron chi connectivity index (χ1n) is 13.6. The number of ether oxygens (including phenoxy) is 1. The Morgan fingerprint density at radius 3 is 2.35 bits per heavy atom. The van der Waals surface area contributed by atoms with Gasteiger partial charge in [0.2, 0.25) is 0 Å². The Kier molecular flexibility index (Phi) is 10.4. The van der Waals surface area contributed by atoms with Crippen LogP contribution in [0.5, 0.6) is 0 Å². The second kappa shape index (κ2) is 13.4. The van der Waals surface area contributed by atoms with Gasteiger partial charge in [0.25, 0.3) is 0 Å². The van der Waals surface area contributed by atoms with Crippen molar-refractivity contribution in [1.82, 2.24) is 15.3 Å². The number of nitrogens with one attached hydrogen (secondary N) is 3. The molecule has 0 saturated carbocycles. The molecule has 2 aromatic heterocycles. The van der Waals surface area contributed by atoms with Gasteiger partial charge < -0.3 is 24.9 Å². The van der Waals surface area contributed by atoms with E-state index in [9.17, 15) is 4.79 Å². The molecule has 218 valence electrons. The number of benzene rings is 1. The second-order valence-corrected chi connectivity index (χ2v) is 15.9. The molecule has 2 heterocycles. The molecule has 0 saturated heterocycles. The van der Waals surface area contributed by atoms with Crippen molar-refractivity contribution in [2.75, 3.05) is 36.2 Å². The van der Waals surface area contributed by atoms with Gasteiger partial charge in [0, 0.05) is 41.5 Å². The van der Waals surface area contributed by atoms with Crippen molar-refractivity contribution in [3.05, 3.63) is 66.5 Å². The molecule has 0 aliphatic heterocycles. The maximum Gasteiger partial charge on any atom is 0.407 e. The number of carbonyl (C=O) groups excluding carboxylic acids is 1. The molecular weight excluding hydrogens is 522 g/mol. The highest BCUT2D eigenvalue weighted by Crippen LogP contribution is 2.54. The molecule has 8 nitrogen and oxygen atoms in total. The zero-order valence-corrected chi connectivity index (χ0v) is 25.9. The summed E-state index contributed by atoms with van der Waals surface area (Å²) in [6, 6.07) is 16.2. The average molecular weight is 568 g/mol. The van der Waals surface area contributed by atoms with Crippen molar-refractivity contribution in [2.45, 2.75) is 64.9 Å². The maximum absolute atomic E-state index is 11.7. The van der Waals surface area contributed by atoms with Gasteiger partial charge in [0.05, 0.1) is 6.61 Å². The van der Waals surface area contributed by atoms with Gasteiger partial charge in [-0.25, -0.2) is 14.8 Å². The minimum atomic E-state index is -1.19. The van der Waals surface area contributed by atoms with E-state index in [1.165, 1.54) is 0 Å². The van der Waals surface area contributed by atoms with Crippen LogP contribution in [0, 0.1) is 0 Å². The molecule has 0 atom stereocenters. The van der Waals surface area contributed by atoms with Crippen molar-refractivity contribution in [3.8, 4) is 11.1 Å². The average Bonchev–Trinajstić information content (AvgIpc) is 2.86. The Hall–Kier alpha value is -3.30. The van der Waals surface area contributed by atoms with Crippen LogP contribution in [-0.4, -0.2) is 52.0 Å². The number of nitrogens with zero attached hydrogens (tertiary/aromatic N) is 2. The lowest BCUT2D eigenvalue weighted by atomic mass is 10.1. The van der Waals surface area contributed by atoms with Crippen LogP contribution in [0.1, 0.15) is 53.5 Å². The standard InChI is InChI=1S/C31H45N5O3S/c1-30(2,3)39-29(37)34-17-10-16-32-27-14-13-25(21-35-27)24-15-18-33-28(20-24)36-26-12-9-11-23(19-26)22-38-40(7,8)31(4,5)6/h9,11-15,18-21H,10,16-17,22H2,1-8H3,(H,32,35)(H,33,36)(H,34,37). The number of carbonyl (C=O) groups is 1. The number of anilines is 3. The number of hydrogen-bond donors (Lipinski definition) is 3. The summed E-state index contributed by atoms with van der Waals surface area (Å²) in [4.78, 5) is 20.8. The summed E-state index contributed by atoms with van der Waals surface area (Å²) < 4.78 is 11.7. The molecule has 1 aromatic carbocycles. The highest BCUT2D eigenvalue weighted by molar-refractivity contribution is 8.29. The molecule has 0 unspecified atom stereocenters. The smallest absolute Gasteiger partial charge is 0.407 e. The topological polar surface area (TPSA) is 97.4 Å². The van der Waals surface area contributed by atoms with Crippen molar-refractivity contribution in [2.24, 2.45) is 0 Å². The van der Waals surface area contributed by atoms with E-state index in [0.29, 0.717) is 19.7 Å². The molecule has 3 rings (SSSR count). The zero-order valence-electron chi connectivity index (χ0n) is 25.1. The van der Waals surface area contributed by atoms with Crippen LogP contribution in [0.25, 0.3) is 11.1 Å². The fourth-order valence-electron chi connectivity index (χ4n) is 3.44. The first-order chi connectivity index (χ1) is 18.7. The fourth-order valence-corrected chi connectivity index (χ4v) is 4.22. The number of hydrogen-bond acceptors (Lipinski definition) is 7. The van der Waals surface area contributed by atoms with Gasteiger partial charge in [0.1, 0.15) is 17.2 Å². The van der Waals surface area contributed by atoms with Crippen molar-refractivity contribution in [3.63, 3.8) is 0 Å². The SMILES string of the molecule is CC(C)(C)OC(=O)NCCCNc1ccc(-c2ccnc(Nc3cccc(COS(C)(C)C(C)(C)C)c3)c2)cn1. The van der Waals surface area contributed by atoms with Gasteiger partial charge in [0.15, 0.2) is 0 Å². The van der Waals surface area contributed by atoms with Gasteiger partial charge in [-0.15, -0.1) is 10.3 Å². The Balaban J connectivity index is 1.52. The fraction of sp³-hybridized carbons (Fsp3) is 0.452. The number of aromatic nitrogens is 2. The lowest BCUT2D eigenvalue weighted by Gasteiger charge is -2.43. The van der Waals surface area contributed by atoms with Crippen LogP contribution < -0.4 is 16.0 Å². The van der Waals surface area contributed by atoms with E-state index in [1.807, 2.05) is 63.4 Å².